The van der Waals surface area contributed by atoms with Gasteiger partial charge in [0.25, 0.3) is 5.56 Å². The van der Waals surface area contributed by atoms with E-state index < -0.39 is 11.2 Å². The van der Waals surface area contributed by atoms with E-state index in [1.807, 2.05) is 67.6 Å². The monoisotopic (exact) mass is 490 g/mol. The minimum atomic E-state index is -0.537. The van der Waals surface area contributed by atoms with Gasteiger partial charge in [0.15, 0.2) is 0 Å². The van der Waals surface area contributed by atoms with Crippen LogP contribution >= 0.6 is 11.6 Å². The summed E-state index contributed by atoms with van der Waals surface area (Å²) >= 11 is 6.68. The van der Waals surface area contributed by atoms with Gasteiger partial charge >= 0.3 is 5.69 Å². The summed E-state index contributed by atoms with van der Waals surface area (Å²) in [4.78, 5) is 38.2. The molecule has 6 aromatic rings. The third kappa shape index (κ3) is 3.51. The van der Waals surface area contributed by atoms with Gasteiger partial charge < -0.3 is 4.98 Å². The molecular formula is C29H19ClN4O2. The van der Waals surface area contributed by atoms with E-state index >= 15 is 0 Å². The highest BCUT2D eigenvalue weighted by Gasteiger charge is 2.17. The Bertz CT molecular complexity index is 1920. The molecule has 0 atom stereocenters. The lowest BCUT2D eigenvalue weighted by atomic mass is 9.93. The molecule has 0 aliphatic carbocycles. The van der Waals surface area contributed by atoms with Gasteiger partial charge in [-0.25, -0.2) is 9.36 Å². The highest BCUT2D eigenvalue weighted by molar-refractivity contribution is 6.34. The smallest absolute Gasteiger partial charge is 0.306 e. The number of H-pyrrole nitrogens is 1. The average Bonchev–Trinajstić information content (AvgIpc) is 2.89. The van der Waals surface area contributed by atoms with Gasteiger partial charge in [0.1, 0.15) is 0 Å². The highest BCUT2D eigenvalue weighted by atomic mass is 35.5. The molecule has 3 aromatic heterocycles. The van der Waals surface area contributed by atoms with Crippen LogP contribution in [-0.4, -0.2) is 19.5 Å². The Kier molecular flexibility index (Phi) is 5.24. The molecule has 0 aliphatic heterocycles. The summed E-state index contributed by atoms with van der Waals surface area (Å²) in [5.74, 6) is 0. The standard InChI is InChI=1S/C29H19ClN4O2/c1-17-20(9-5-13-32-17)22-8-4-10-24(30)27(22)18-11-12-23-25(14-18)33-29(36)34(28(23)35)26-16-31-15-19-6-2-3-7-21(19)26/h2-16H,1H3,(H,33,36). The van der Waals surface area contributed by atoms with Gasteiger partial charge in [-0.3, -0.25) is 14.8 Å². The molecule has 0 spiro atoms. The molecule has 0 saturated heterocycles. The fourth-order valence-electron chi connectivity index (χ4n) is 4.68. The fraction of sp³-hybridized carbons (Fsp3) is 0.0345. The summed E-state index contributed by atoms with van der Waals surface area (Å²) in [6.07, 6.45) is 4.99. The number of rotatable bonds is 3. The van der Waals surface area contributed by atoms with Crippen molar-refractivity contribution in [1.29, 1.82) is 0 Å². The molecule has 0 fully saturated rings. The summed E-state index contributed by atoms with van der Waals surface area (Å²) < 4.78 is 1.14. The number of nitrogens with zero attached hydrogens (tertiary/aromatic N) is 3. The second kappa shape index (κ2) is 8.59. The Morgan fingerprint density at radius 3 is 2.56 bits per heavy atom. The number of aromatic amines is 1. The Morgan fingerprint density at radius 2 is 1.69 bits per heavy atom. The number of aryl methyl sites for hydroxylation is 1. The summed E-state index contributed by atoms with van der Waals surface area (Å²) in [5.41, 5.74) is 4.26. The van der Waals surface area contributed by atoms with Gasteiger partial charge in [0.2, 0.25) is 0 Å². The molecule has 174 valence electrons. The van der Waals surface area contributed by atoms with Crippen LogP contribution in [0.1, 0.15) is 5.69 Å². The highest BCUT2D eigenvalue weighted by Crippen LogP contribution is 2.39. The van der Waals surface area contributed by atoms with E-state index in [4.69, 9.17) is 11.6 Å². The van der Waals surface area contributed by atoms with Crippen molar-refractivity contribution in [1.82, 2.24) is 19.5 Å². The van der Waals surface area contributed by atoms with Crippen molar-refractivity contribution < 1.29 is 0 Å². The average molecular weight is 491 g/mol. The molecule has 3 heterocycles. The molecular weight excluding hydrogens is 472 g/mol. The number of benzene rings is 3. The van der Waals surface area contributed by atoms with Crippen molar-refractivity contribution >= 4 is 33.3 Å². The van der Waals surface area contributed by atoms with E-state index in [2.05, 4.69) is 15.0 Å². The zero-order chi connectivity index (χ0) is 24.8. The van der Waals surface area contributed by atoms with Crippen LogP contribution < -0.4 is 11.2 Å². The van der Waals surface area contributed by atoms with Crippen LogP contribution in [0.25, 0.3) is 49.6 Å². The van der Waals surface area contributed by atoms with E-state index in [0.717, 1.165) is 43.3 Å². The van der Waals surface area contributed by atoms with Crippen LogP contribution in [-0.2, 0) is 0 Å². The molecule has 0 amide bonds. The van der Waals surface area contributed by atoms with Crippen LogP contribution in [0.4, 0.5) is 0 Å². The van der Waals surface area contributed by atoms with Gasteiger partial charge in [0, 0.05) is 45.0 Å². The van der Waals surface area contributed by atoms with Gasteiger partial charge in [-0.15, -0.1) is 0 Å². The Balaban J connectivity index is 1.58. The minimum Gasteiger partial charge on any atom is -0.306 e. The topological polar surface area (TPSA) is 80.6 Å². The first-order chi connectivity index (χ1) is 17.5. The van der Waals surface area contributed by atoms with Gasteiger partial charge in [-0.05, 0) is 42.3 Å². The van der Waals surface area contributed by atoms with Crippen LogP contribution in [0.3, 0.4) is 0 Å². The molecule has 0 aliphatic rings. The quantitative estimate of drug-likeness (QED) is 0.334. The second-order valence-corrected chi connectivity index (χ2v) is 8.92. The zero-order valence-electron chi connectivity index (χ0n) is 19.2. The van der Waals surface area contributed by atoms with Gasteiger partial charge in [-0.1, -0.05) is 60.1 Å². The first-order valence-electron chi connectivity index (χ1n) is 11.4. The van der Waals surface area contributed by atoms with Crippen molar-refractivity contribution in [2.45, 2.75) is 6.92 Å². The fourth-order valence-corrected chi connectivity index (χ4v) is 4.97. The maximum Gasteiger partial charge on any atom is 0.333 e. The number of hydrogen-bond donors (Lipinski definition) is 1. The van der Waals surface area contributed by atoms with Crippen LogP contribution in [0.5, 0.6) is 0 Å². The van der Waals surface area contributed by atoms with E-state index in [1.54, 1.807) is 24.5 Å². The number of fused-ring (bicyclic) bond motifs is 2. The van der Waals surface area contributed by atoms with Gasteiger partial charge in [0.05, 0.1) is 22.8 Å². The minimum absolute atomic E-state index is 0.387. The van der Waals surface area contributed by atoms with E-state index in [9.17, 15) is 9.59 Å². The number of hydrogen-bond acceptors (Lipinski definition) is 4. The molecule has 3 aromatic carbocycles. The van der Waals surface area contributed by atoms with Crippen LogP contribution in [0.15, 0.2) is 101 Å². The first kappa shape index (κ1) is 21.9. The maximum absolute atomic E-state index is 13.5. The van der Waals surface area contributed by atoms with E-state index in [1.165, 1.54) is 6.20 Å². The Labute approximate surface area is 210 Å². The Morgan fingerprint density at radius 1 is 0.861 bits per heavy atom. The van der Waals surface area contributed by atoms with Crippen molar-refractivity contribution in [3.8, 4) is 27.9 Å². The van der Waals surface area contributed by atoms with Crippen LogP contribution in [0.2, 0.25) is 5.02 Å². The summed E-state index contributed by atoms with van der Waals surface area (Å²) in [6.45, 7) is 1.95. The van der Waals surface area contributed by atoms with E-state index in [0.29, 0.717) is 21.6 Å². The van der Waals surface area contributed by atoms with Crippen molar-refractivity contribution in [3.05, 3.63) is 123 Å². The first-order valence-corrected chi connectivity index (χ1v) is 11.7. The molecule has 6 rings (SSSR count). The molecule has 0 radical (unpaired) electrons. The third-order valence-electron chi connectivity index (χ3n) is 6.39. The normalized spacial score (nSPS) is 11.3. The van der Waals surface area contributed by atoms with Gasteiger partial charge in [-0.2, -0.15) is 0 Å². The number of nitrogens with one attached hydrogen (secondary N) is 1. The van der Waals surface area contributed by atoms with Crippen LogP contribution in [0, 0.1) is 6.92 Å². The molecule has 1 N–H and O–H groups in total. The molecule has 0 bridgehead atoms. The largest absolute Gasteiger partial charge is 0.333 e. The Hall–Kier alpha value is -4.55. The molecule has 36 heavy (non-hydrogen) atoms. The van der Waals surface area contributed by atoms with Crippen molar-refractivity contribution in [3.63, 3.8) is 0 Å². The SMILES string of the molecule is Cc1ncccc1-c1cccc(Cl)c1-c1ccc2c(=O)n(-c3cncc4ccccc34)c(=O)[nH]c2c1. The molecule has 6 nitrogen and oxygen atoms in total. The lowest BCUT2D eigenvalue weighted by Gasteiger charge is -2.14. The number of aromatic nitrogens is 4. The van der Waals surface area contributed by atoms with Crippen molar-refractivity contribution in [2.24, 2.45) is 0 Å². The number of pyridine rings is 2. The predicted octanol–water partition coefficient (Wildman–Crippen LogP) is 5.92. The predicted molar refractivity (Wildman–Crippen MR) is 144 cm³/mol. The summed E-state index contributed by atoms with van der Waals surface area (Å²) in [6, 6.07) is 22.5. The summed E-state index contributed by atoms with van der Waals surface area (Å²) in [7, 11) is 0. The molecule has 7 heteroatoms. The van der Waals surface area contributed by atoms with Crippen molar-refractivity contribution in [2.75, 3.05) is 0 Å². The second-order valence-electron chi connectivity index (χ2n) is 8.51. The third-order valence-corrected chi connectivity index (χ3v) is 6.70. The lowest BCUT2D eigenvalue weighted by Crippen LogP contribution is -2.33. The molecule has 0 saturated carbocycles. The maximum atomic E-state index is 13.5. The summed E-state index contributed by atoms with van der Waals surface area (Å²) in [5, 5.41) is 2.56. The lowest BCUT2D eigenvalue weighted by molar-refractivity contribution is 0.902. The molecule has 0 unspecified atom stereocenters. The zero-order valence-corrected chi connectivity index (χ0v) is 20.0. The van der Waals surface area contributed by atoms with E-state index in [-0.39, 0.29) is 0 Å². The number of halogens is 1.